The minimum Gasteiger partial charge on any atom is -0.550 e. The average molecular weight is 714 g/mol. The zero-order chi connectivity index (χ0) is 34.9. The number of carbonyl (C=O) groups is 3. The summed E-state index contributed by atoms with van der Waals surface area (Å²) in [6.07, 6.45) is 41.8. The summed E-state index contributed by atoms with van der Waals surface area (Å²) in [5.41, 5.74) is 0.176. The largest absolute Gasteiger partial charge is 2.00 e. The fourth-order valence-electron chi connectivity index (χ4n) is 4.68. The van der Waals surface area contributed by atoms with Gasteiger partial charge in [0.1, 0.15) is 0 Å². The van der Waals surface area contributed by atoms with E-state index in [-0.39, 0.29) is 37.9 Å². The van der Waals surface area contributed by atoms with Crippen molar-refractivity contribution in [2.75, 3.05) is 0 Å². The standard InChI is InChI=1S/2C18H34O2.C4H6O2.Zn/c2*1-2-3-4-5-6-7-8-9-10-11-12-13-14-15-16-17-18(19)20;1-3(2)4(5)6;/h2*9-10H,2-8,11-17H2,1H3,(H,19,20);1H2,2H3,(H,5,6);/q;;;+2/p-2/b2*10-9-;;. The number of carboxylic acids is 3. The molecule has 0 fully saturated rings. The second-order valence-corrected chi connectivity index (χ2v) is 12.5. The Kier molecular flexibility index (Phi) is 51.4. The first-order chi connectivity index (χ1) is 22.2. The van der Waals surface area contributed by atoms with Crippen molar-refractivity contribution < 1.29 is 49.2 Å². The van der Waals surface area contributed by atoms with Crippen LogP contribution in [0, 0.1) is 0 Å². The minimum absolute atomic E-state index is 0. The number of unbranched alkanes of at least 4 members (excludes halogenated alkanes) is 22. The van der Waals surface area contributed by atoms with Gasteiger partial charge in [0.2, 0.25) is 0 Å². The number of aliphatic carboxylic acids is 3. The summed E-state index contributed by atoms with van der Waals surface area (Å²) in [6, 6.07) is 0. The Morgan fingerprint density at radius 3 is 0.915 bits per heavy atom. The van der Waals surface area contributed by atoms with E-state index in [1.54, 1.807) is 0 Å². The molecule has 0 unspecified atom stereocenters. The van der Waals surface area contributed by atoms with Crippen molar-refractivity contribution in [3.63, 3.8) is 0 Å². The van der Waals surface area contributed by atoms with Gasteiger partial charge in [0.25, 0.3) is 0 Å². The molecule has 0 saturated carbocycles. The second-order valence-electron chi connectivity index (χ2n) is 12.5. The summed E-state index contributed by atoms with van der Waals surface area (Å²) < 4.78 is 0. The third-order valence-electron chi connectivity index (χ3n) is 7.65. The number of rotatable bonds is 31. The van der Waals surface area contributed by atoms with Gasteiger partial charge >= 0.3 is 25.4 Å². The minimum atomic E-state index is -0.935. The van der Waals surface area contributed by atoms with Gasteiger partial charge in [0.15, 0.2) is 0 Å². The van der Waals surface area contributed by atoms with Crippen LogP contribution in [0.15, 0.2) is 36.5 Å². The van der Waals surface area contributed by atoms with Gasteiger partial charge in [-0.15, -0.1) is 0 Å². The Balaban J connectivity index is -0.000000329. The zero-order valence-corrected chi connectivity index (χ0v) is 34.0. The van der Waals surface area contributed by atoms with Crippen LogP contribution in [0.5, 0.6) is 0 Å². The number of allylic oxidation sites excluding steroid dienone is 4. The summed E-state index contributed by atoms with van der Waals surface area (Å²) in [5.74, 6) is -2.76. The molecule has 0 aliphatic carbocycles. The van der Waals surface area contributed by atoms with Crippen LogP contribution in [0.3, 0.4) is 0 Å². The Morgan fingerprint density at radius 2 is 0.702 bits per heavy atom. The second kappa shape index (κ2) is 46.4. The topological polar surface area (TPSA) is 118 Å². The smallest absolute Gasteiger partial charge is 0.550 e. The van der Waals surface area contributed by atoms with Gasteiger partial charge in [-0.05, 0) is 84.0 Å². The van der Waals surface area contributed by atoms with E-state index >= 15 is 0 Å². The molecule has 1 N–H and O–H groups in total. The number of hydrogen-bond donors (Lipinski definition) is 1. The maximum Gasteiger partial charge on any atom is 2.00 e. The predicted octanol–water partition coefficient (Wildman–Crippen LogP) is 10.2. The Hall–Kier alpha value is -1.75. The van der Waals surface area contributed by atoms with Crippen molar-refractivity contribution in [3.05, 3.63) is 36.5 Å². The molecule has 0 aromatic carbocycles. The first-order valence-corrected chi connectivity index (χ1v) is 18.8. The molecular weight excluding hydrogens is 642 g/mol. The summed E-state index contributed by atoms with van der Waals surface area (Å²) in [6.45, 7) is 9.11. The van der Waals surface area contributed by atoms with E-state index in [1.807, 2.05) is 0 Å². The van der Waals surface area contributed by atoms with Crippen molar-refractivity contribution in [3.8, 4) is 0 Å². The van der Waals surface area contributed by atoms with Gasteiger partial charge in [-0.2, -0.15) is 0 Å². The van der Waals surface area contributed by atoms with Crippen molar-refractivity contribution in [1.82, 2.24) is 0 Å². The molecule has 0 saturated heterocycles. The van der Waals surface area contributed by atoms with E-state index in [2.05, 4.69) is 44.7 Å². The van der Waals surface area contributed by atoms with Crippen LogP contribution < -0.4 is 10.2 Å². The first kappa shape index (κ1) is 52.1. The molecule has 0 spiro atoms. The first-order valence-electron chi connectivity index (χ1n) is 18.8. The molecule has 0 aliphatic heterocycles. The molecular formula is C40H72O6Zn. The maximum atomic E-state index is 10.2. The number of carbonyl (C=O) groups excluding carboxylic acids is 2. The summed E-state index contributed by atoms with van der Waals surface area (Å²) in [7, 11) is 0. The zero-order valence-electron chi connectivity index (χ0n) is 31.0. The van der Waals surface area contributed by atoms with Crippen LogP contribution in [0.2, 0.25) is 0 Å². The summed E-state index contributed by atoms with van der Waals surface area (Å²) in [5, 5.41) is 28.3. The molecule has 0 heterocycles. The molecule has 0 radical (unpaired) electrons. The Labute approximate surface area is 303 Å². The molecule has 47 heavy (non-hydrogen) atoms. The van der Waals surface area contributed by atoms with Crippen LogP contribution in [0.25, 0.3) is 0 Å². The van der Waals surface area contributed by atoms with Gasteiger partial charge in [-0.3, -0.25) is 0 Å². The van der Waals surface area contributed by atoms with Gasteiger partial charge in [-0.1, -0.05) is 147 Å². The molecule has 0 amide bonds. The Bertz CT molecular complexity index is 685. The quantitative estimate of drug-likeness (QED) is 0.0331. The van der Waals surface area contributed by atoms with Gasteiger partial charge in [0.05, 0.1) is 0 Å². The van der Waals surface area contributed by atoms with Crippen molar-refractivity contribution in [2.24, 2.45) is 0 Å². The number of hydrogen-bond acceptors (Lipinski definition) is 5. The monoisotopic (exact) mass is 712 g/mol. The van der Waals surface area contributed by atoms with Crippen molar-refractivity contribution in [1.29, 1.82) is 0 Å². The fourth-order valence-corrected chi connectivity index (χ4v) is 4.68. The molecule has 0 aromatic heterocycles. The molecule has 0 aliphatic rings. The Morgan fingerprint density at radius 1 is 0.489 bits per heavy atom. The average Bonchev–Trinajstić information content (AvgIpc) is 3.01. The van der Waals surface area contributed by atoms with Crippen LogP contribution in [-0.2, 0) is 33.9 Å². The SMILES string of the molecule is C=C(C)C(=O)O.CCCCCCCC/C=C\CCCCCCCC(=O)[O-].CCCCCCCC/C=C\CCCCCCCC(=O)[O-].[Zn+2]. The van der Waals surface area contributed by atoms with Crippen LogP contribution in [0.4, 0.5) is 0 Å². The molecule has 0 rings (SSSR count). The maximum absolute atomic E-state index is 10.2. The van der Waals surface area contributed by atoms with Gasteiger partial charge in [0, 0.05) is 17.5 Å². The normalized spacial score (nSPS) is 10.5. The molecule has 0 atom stereocenters. The molecule has 0 aromatic rings. The van der Waals surface area contributed by atoms with E-state index < -0.39 is 17.9 Å². The molecule has 6 nitrogen and oxygen atoms in total. The summed E-state index contributed by atoms with van der Waals surface area (Å²) in [4.78, 5) is 30.0. The molecule has 270 valence electrons. The summed E-state index contributed by atoms with van der Waals surface area (Å²) >= 11 is 0. The molecule has 7 heteroatoms. The van der Waals surface area contributed by atoms with E-state index in [9.17, 15) is 24.6 Å². The van der Waals surface area contributed by atoms with E-state index in [4.69, 9.17) is 5.11 Å². The van der Waals surface area contributed by atoms with Crippen molar-refractivity contribution in [2.45, 2.75) is 201 Å². The van der Waals surface area contributed by atoms with E-state index in [0.717, 1.165) is 38.5 Å². The van der Waals surface area contributed by atoms with Crippen LogP contribution in [0.1, 0.15) is 201 Å². The predicted molar refractivity (Wildman–Crippen MR) is 191 cm³/mol. The van der Waals surface area contributed by atoms with Crippen LogP contribution >= 0.6 is 0 Å². The molecule has 0 bridgehead atoms. The van der Waals surface area contributed by atoms with Gasteiger partial charge in [-0.25, -0.2) is 4.79 Å². The van der Waals surface area contributed by atoms with E-state index in [0.29, 0.717) is 0 Å². The van der Waals surface area contributed by atoms with Gasteiger partial charge < -0.3 is 24.9 Å². The van der Waals surface area contributed by atoms with Crippen molar-refractivity contribution >= 4 is 17.9 Å². The van der Waals surface area contributed by atoms with E-state index in [1.165, 1.54) is 135 Å². The fraction of sp³-hybridized carbons (Fsp3) is 0.775. The number of carboxylic acid groups (broad SMARTS) is 3. The van der Waals surface area contributed by atoms with Crippen LogP contribution in [-0.4, -0.2) is 23.0 Å². The third kappa shape index (κ3) is 60.1. The third-order valence-corrected chi connectivity index (χ3v) is 7.65.